The molecule has 2 heterocycles. The van der Waals surface area contributed by atoms with E-state index in [1.54, 1.807) is 24.3 Å². The van der Waals surface area contributed by atoms with E-state index < -0.39 is 9.85 Å². The predicted molar refractivity (Wildman–Crippen MR) is 178 cm³/mol. The second-order valence-electron chi connectivity index (χ2n) is 9.32. The van der Waals surface area contributed by atoms with Gasteiger partial charge in [0.1, 0.15) is 0 Å². The van der Waals surface area contributed by atoms with Crippen molar-refractivity contribution in [2.24, 2.45) is 0 Å². The zero-order valence-electron chi connectivity index (χ0n) is 22.2. The number of non-ortho nitro benzene ring substituents is 2. The number of imidazole rings is 2. The van der Waals surface area contributed by atoms with Crippen LogP contribution in [0.15, 0.2) is 106 Å². The van der Waals surface area contributed by atoms with Crippen molar-refractivity contribution in [3.05, 3.63) is 126 Å². The molecule has 2 N–H and O–H groups in total. The molecular formula is C30H18Br2N6O4Se2. The van der Waals surface area contributed by atoms with E-state index in [1.807, 2.05) is 48.5 Å². The first-order valence-corrected chi connectivity index (χ1v) is 20.4. The molecule has 0 spiro atoms. The van der Waals surface area contributed by atoms with Gasteiger partial charge in [-0.05, 0) is 0 Å². The Labute approximate surface area is 278 Å². The molecule has 0 aliphatic carbocycles. The molecule has 0 saturated carbocycles. The molecule has 6 rings (SSSR count). The third-order valence-corrected chi connectivity index (χ3v) is 14.0. The summed E-state index contributed by atoms with van der Waals surface area (Å²) >= 11 is 6.64. The van der Waals surface area contributed by atoms with Crippen molar-refractivity contribution < 1.29 is 9.85 Å². The van der Waals surface area contributed by atoms with Gasteiger partial charge in [0.2, 0.25) is 0 Å². The van der Waals surface area contributed by atoms with E-state index in [-0.39, 0.29) is 37.6 Å². The van der Waals surface area contributed by atoms with Crippen LogP contribution in [-0.4, -0.2) is 56.0 Å². The molecule has 10 nitrogen and oxygen atoms in total. The number of nitrogens with zero attached hydrogens (tertiary/aromatic N) is 4. The average Bonchev–Trinajstić information content (AvgIpc) is 3.66. The van der Waals surface area contributed by atoms with Crippen LogP contribution >= 0.6 is 31.9 Å². The number of hydrogen-bond acceptors (Lipinski definition) is 6. The van der Waals surface area contributed by atoms with E-state index in [9.17, 15) is 20.2 Å². The average molecular weight is 844 g/mol. The number of nitro benzene ring substituents is 2. The van der Waals surface area contributed by atoms with Crippen molar-refractivity contribution in [2.75, 3.05) is 0 Å². The Hall–Kier alpha value is -3.90. The monoisotopic (exact) mass is 844 g/mol. The van der Waals surface area contributed by atoms with Gasteiger partial charge in [-0.3, -0.25) is 0 Å². The molecule has 6 aromatic rings. The van der Waals surface area contributed by atoms with Crippen LogP contribution in [0.3, 0.4) is 0 Å². The first kappa shape index (κ1) is 30.1. The van der Waals surface area contributed by atoms with E-state index in [0.29, 0.717) is 11.6 Å². The number of aromatic nitrogens is 4. The molecule has 0 amide bonds. The number of benzene rings is 4. The molecule has 4 aromatic carbocycles. The van der Waals surface area contributed by atoms with Gasteiger partial charge in [0, 0.05) is 0 Å². The molecule has 0 unspecified atom stereocenters. The van der Waals surface area contributed by atoms with Crippen molar-refractivity contribution in [3.63, 3.8) is 0 Å². The minimum absolute atomic E-state index is 0.0161. The number of halogens is 2. The number of nitrogens with one attached hydrogen (secondary N) is 2. The molecule has 14 heteroatoms. The summed E-state index contributed by atoms with van der Waals surface area (Å²) in [7, 11) is 0. The van der Waals surface area contributed by atoms with Gasteiger partial charge in [0.05, 0.1) is 0 Å². The molecule has 0 aliphatic heterocycles. The maximum absolute atomic E-state index is 11.3. The minimum atomic E-state index is -0.418. The Kier molecular flexibility index (Phi) is 8.90. The summed E-state index contributed by atoms with van der Waals surface area (Å²) < 4.78 is 3.64. The van der Waals surface area contributed by atoms with Gasteiger partial charge in [-0.25, -0.2) is 0 Å². The molecule has 2 aromatic heterocycles. The van der Waals surface area contributed by atoms with E-state index in [0.717, 1.165) is 51.8 Å². The molecule has 0 fully saturated rings. The Morgan fingerprint density at radius 2 is 0.841 bits per heavy atom. The second kappa shape index (κ2) is 13.0. The fourth-order valence-electron chi connectivity index (χ4n) is 4.29. The summed E-state index contributed by atoms with van der Waals surface area (Å²) in [5.41, 5.74) is 5.06. The number of rotatable bonds is 9. The molecule has 0 radical (unpaired) electrons. The number of hydrogen-bond donors (Lipinski definition) is 2. The first-order valence-electron chi connectivity index (χ1n) is 12.8. The quantitative estimate of drug-likeness (QED) is 0.0978. The Morgan fingerprint density at radius 1 is 0.523 bits per heavy atom. The normalized spacial score (nSPS) is 11.0. The summed E-state index contributed by atoms with van der Waals surface area (Å²) in [6, 6.07) is 28.5. The predicted octanol–water partition coefficient (Wildman–Crippen LogP) is 6.42. The van der Waals surface area contributed by atoms with Gasteiger partial charge in [-0.15, -0.1) is 0 Å². The maximum atomic E-state index is 11.3. The Bertz CT molecular complexity index is 1830. The molecule has 0 atom stereocenters. The first-order chi connectivity index (χ1) is 21.2. The van der Waals surface area contributed by atoms with Gasteiger partial charge in [0.15, 0.2) is 0 Å². The zero-order chi connectivity index (χ0) is 30.8. The molecular weight excluding hydrogens is 826 g/mol. The van der Waals surface area contributed by atoms with Crippen molar-refractivity contribution >= 4 is 78.7 Å². The third kappa shape index (κ3) is 6.61. The molecule has 218 valence electrons. The fraction of sp³-hybridized carbons (Fsp3) is 0. The number of H-pyrrole nitrogens is 2. The molecule has 44 heavy (non-hydrogen) atoms. The van der Waals surface area contributed by atoms with E-state index in [1.165, 1.54) is 24.3 Å². The van der Waals surface area contributed by atoms with Crippen LogP contribution in [0, 0.1) is 20.2 Å². The van der Waals surface area contributed by atoms with Crippen LogP contribution in [0.1, 0.15) is 0 Å². The summed E-state index contributed by atoms with van der Waals surface area (Å²) in [6.07, 6.45) is 0. The van der Waals surface area contributed by atoms with Gasteiger partial charge in [-0.1, -0.05) is 0 Å². The topological polar surface area (TPSA) is 144 Å². The van der Waals surface area contributed by atoms with Gasteiger partial charge in [-0.2, -0.15) is 0 Å². The van der Waals surface area contributed by atoms with Crippen LogP contribution in [0.5, 0.6) is 0 Å². The standard InChI is InChI=1S/C30H18Br2N6O4Se2/c31-21-9-1-19(2-10-21)27-33-25(17-5-13-23(14-6-17)37(39)40)29(35-27)43-44-30-26(18-7-15-24(16-8-18)38(41)42)34-28(36-30)20-3-11-22(32)12-4-20/h1-16H,(H,33,35)(H,34,36). The molecule has 0 aliphatic rings. The number of nitro groups is 2. The van der Waals surface area contributed by atoms with E-state index in [4.69, 9.17) is 9.97 Å². The van der Waals surface area contributed by atoms with Gasteiger partial charge >= 0.3 is 280 Å². The van der Waals surface area contributed by atoms with Crippen LogP contribution in [0.4, 0.5) is 11.4 Å². The van der Waals surface area contributed by atoms with E-state index in [2.05, 4.69) is 41.8 Å². The fourth-order valence-corrected chi connectivity index (χ4v) is 11.1. The van der Waals surface area contributed by atoms with Gasteiger partial charge in [0.25, 0.3) is 0 Å². The van der Waals surface area contributed by atoms with Crippen LogP contribution in [-0.2, 0) is 0 Å². The Balaban J connectivity index is 1.39. The number of aromatic amines is 2. The van der Waals surface area contributed by atoms with E-state index >= 15 is 0 Å². The van der Waals surface area contributed by atoms with Crippen molar-refractivity contribution in [1.82, 2.24) is 19.9 Å². The second-order valence-corrected chi connectivity index (χ2v) is 17.1. The van der Waals surface area contributed by atoms with Crippen molar-refractivity contribution in [1.29, 1.82) is 0 Å². The third-order valence-electron chi connectivity index (χ3n) is 6.51. The molecule has 0 saturated heterocycles. The Morgan fingerprint density at radius 3 is 1.16 bits per heavy atom. The summed E-state index contributed by atoms with van der Waals surface area (Å²) in [5, 5.41) is 22.5. The SMILES string of the molecule is O=[N+]([O-])c1ccc(-c2[nH]c(-c3ccc(Br)cc3)nc2[Se][Se]c2nc(-c3ccc(Br)cc3)[nH]c2-c2ccc([N+](=O)[O-])cc2)cc1. The summed E-state index contributed by atoms with van der Waals surface area (Å²) in [4.78, 5) is 38.6. The van der Waals surface area contributed by atoms with Crippen LogP contribution < -0.4 is 9.18 Å². The van der Waals surface area contributed by atoms with Crippen molar-refractivity contribution in [3.8, 4) is 45.3 Å². The van der Waals surface area contributed by atoms with Gasteiger partial charge < -0.3 is 0 Å². The van der Waals surface area contributed by atoms with Crippen LogP contribution in [0.25, 0.3) is 45.3 Å². The van der Waals surface area contributed by atoms with Crippen molar-refractivity contribution in [2.45, 2.75) is 0 Å². The zero-order valence-corrected chi connectivity index (χ0v) is 28.8. The summed E-state index contributed by atoms with van der Waals surface area (Å²) in [5.74, 6) is 1.40. The molecule has 0 bridgehead atoms. The summed E-state index contributed by atoms with van der Waals surface area (Å²) in [6.45, 7) is 0. The van der Waals surface area contributed by atoms with Crippen LogP contribution in [0.2, 0.25) is 0 Å².